The maximum absolute atomic E-state index is 5.97. The Morgan fingerprint density at radius 2 is 2.00 bits per heavy atom. The van der Waals surface area contributed by atoms with Gasteiger partial charge in [-0.3, -0.25) is 0 Å². The number of hydrogen-bond acceptors (Lipinski definition) is 2. The van der Waals surface area contributed by atoms with E-state index < -0.39 is 0 Å². The van der Waals surface area contributed by atoms with Gasteiger partial charge in [0.2, 0.25) is 0 Å². The number of nitrogens with zero attached hydrogens (tertiary/aromatic N) is 1. The van der Waals surface area contributed by atoms with Crippen molar-refractivity contribution in [1.29, 1.82) is 0 Å². The molecule has 0 aliphatic heterocycles. The summed E-state index contributed by atoms with van der Waals surface area (Å²) in [5, 5.41) is 0. The first-order chi connectivity index (χ1) is 6.33. The lowest BCUT2D eigenvalue weighted by Gasteiger charge is -2.33. The molecule has 1 rings (SSSR count). The van der Waals surface area contributed by atoms with Crippen molar-refractivity contribution in [2.24, 2.45) is 23.0 Å². The van der Waals surface area contributed by atoms with E-state index in [0.717, 1.165) is 18.4 Å². The van der Waals surface area contributed by atoms with Gasteiger partial charge < -0.3 is 10.6 Å². The molecule has 0 heterocycles. The highest BCUT2D eigenvalue weighted by Crippen LogP contribution is 2.38. The van der Waals surface area contributed by atoms with Gasteiger partial charge in [0, 0.05) is 19.1 Å². The number of hydrogen-bond donors (Lipinski definition) is 1. The first-order valence-corrected chi connectivity index (χ1v) is 5.77. The van der Waals surface area contributed by atoms with E-state index in [0.29, 0.717) is 0 Å². The highest BCUT2D eigenvalue weighted by molar-refractivity contribution is 4.87. The van der Waals surface area contributed by atoms with Crippen LogP contribution in [0.25, 0.3) is 0 Å². The summed E-state index contributed by atoms with van der Waals surface area (Å²) in [5.41, 5.74) is 6.19. The van der Waals surface area contributed by atoms with Crippen LogP contribution in [-0.2, 0) is 0 Å². The number of nitrogens with two attached hydrogens (primary N) is 1. The highest BCUT2D eigenvalue weighted by Gasteiger charge is 2.34. The Kier molecular flexibility index (Phi) is 3.59. The van der Waals surface area contributed by atoms with Crippen molar-refractivity contribution < 1.29 is 0 Å². The van der Waals surface area contributed by atoms with Crippen LogP contribution < -0.4 is 5.73 Å². The van der Waals surface area contributed by atoms with Gasteiger partial charge in [-0.25, -0.2) is 0 Å². The van der Waals surface area contributed by atoms with Crippen molar-refractivity contribution in [3.8, 4) is 0 Å². The van der Waals surface area contributed by atoms with E-state index in [9.17, 15) is 0 Å². The highest BCUT2D eigenvalue weighted by atomic mass is 15.1. The zero-order chi connectivity index (χ0) is 10.9. The summed E-state index contributed by atoms with van der Waals surface area (Å²) in [4.78, 5) is 2.44. The van der Waals surface area contributed by atoms with E-state index in [1.807, 2.05) is 0 Å². The van der Waals surface area contributed by atoms with Crippen LogP contribution in [0.2, 0.25) is 0 Å². The third-order valence-electron chi connectivity index (χ3n) is 3.73. The third-order valence-corrected chi connectivity index (χ3v) is 3.73. The standard InChI is InChI=1S/C12H26N2/c1-9-6-11(9)7-14(5)8-12(3,4)10(2)13/h9-11H,6-8,13H2,1-5H3. The first kappa shape index (κ1) is 12.0. The zero-order valence-corrected chi connectivity index (χ0v) is 10.4. The fraction of sp³-hybridized carbons (Fsp3) is 1.00. The van der Waals surface area contributed by atoms with E-state index >= 15 is 0 Å². The molecule has 0 aromatic rings. The van der Waals surface area contributed by atoms with Crippen LogP contribution in [0.1, 0.15) is 34.1 Å². The molecule has 2 heteroatoms. The molecule has 0 radical (unpaired) electrons. The summed E-state index contributed by atoms with van der Waals surface area (Å²) in [5.74, 6) is 1.90. The van der Waals surface area contributed by atoms with Crippen LogP contribution in [0.4, 0.5) is 0 Å². The van der Waals surface area contributed by atoms with Crippen molar-refractivity contribution in [1.82, 2.24) is 4.90 Å². The topological polar surface area (TPSA) is 29.3 Å². The maximum Gasteiger partial charge on any atom is 0.00739 e. The Bertz CT molecular complexity index is 187. The molecular formula is C12H26N2. The average molecular weight is 198 g/mol. The quantitative estimate of drug-likeness (QED) is 0.731. The Balaban J connectivity index is 2.28. The molecule has 84 valence electrons. The van der Waals surface area contributed by atoms with Gasteiger partial charge >= 0.3 is 0 Å². The van der Waals surface area contributed by atoms with Crippen LogP contribution in [-0.4, -0.2) is 31.1 Å². The van der Waals surface area contributed by atoms with Crippen LogP contribution >= 0.6 is 0 Å². The van der Waals surface area contributed by atoms with Crippen LogP contribution in [0.15, 0.2) is 0 Å². The van der Waals surface area contributed by atoms with E-state index in [2.05, 4.69) is 39.6 Å². The largest absolute Gasteiger partial charge is 0.327 e. The van der Waals surface area contributed by atoms with E-state index in [-0.39, 0.29) is 11.5 Å². The lowest BCUT2D eigenvalue weighted by atomic mass is 9.85. The molecule has 0 aromatic heterocycles. The van der Waals surface area contributed by atoms with Gasteiger partial charge in [-0.15, -0.1) is 0 Å². The van der Waals surface area contributed by atoms with Crippen LogP contribution in [0.3, 0.4) is 0 Å². The maximum atomic E-state index is 5.97. The fourth-order valence-corrected chi connectivity index (χ4v) is 1.96. The van der Waals surface area contributed by atoms with Crippen LogP contribution in [0.5, 0.6) is 0 Å². The second-order valence-electron chi connectivity index (χ2n) is 5.95. The first-order valence-electron chi connectivity index (χ1n) is 5.77. The molecule has 0 saturated heterocycles. The van der Waals surface area contributed by atoms with Gasteiger partial charge in [0.05, 0.1) is 0 Å². The molecule has 1 fully saturated rings. The molecule has 0 bridgehead atoms. The molecule has 3 unspecified atom stereocenters. The normalized spacial score (nSPS) is 29.4. The van der Waals surface area contributed by atoms with Gasteiger partial charge in [0.15, 0.2) is 0 Å². The van der Waals surface area contributed by atoms with Gasteiger partial charge in [-0.1, -0.05) is 20.8 Å². The summed E-state index contributed by atoms with van der Waals surface area (Å²) in [6.45, 7) is 11.3. The Morgan fingerprint density at radius 3 is 2.36 bits per heavy atom. The summed E-state index contributed by atoms with van der Waals surface area (Å²) in [6.07, 6.45) is 1.42. The molecule has 1 aliphatic carbocycles. The minimum atomic E-state index is 0.229. The molecule has 1 aliphatic rings. The predicted molar refractivity (Wildman–Crippen MR) is 62.2 cm³/mol. The smallest absolute Gasteiger partial charge is 0.00739 e. The van der Waals surface area contributed by atoms with Crippen molar-refractivity contribution >= 4 is 0 Å². The average Bonchev–Trinajstić information content (AvgIpc) is 2.64. The SMILES string of the molecule is CC1CC1CN(C)CC(C)(C)C(C)N. The van der Waals surface area contributed by atoms with E-state index in [1.165, 1.54) is 13.0 Å². The van der Waals surface area contributed by atoms with E-state index in [1.54, 1.807) is 0 Å². The summed E-state index contributed by atoms with van der Waals surface area (Å²) in [6, 6.07) is 0.265. The minimum absolute atomic E-state index is 0.229. The second kappa shape index (κ2) is 4.19. The van der Waals surface area contributed by atoms with Crippen molar-refractivity contribution in [2.75, 3.05) is 20.1 Å². The van der Waals surface area contributed by atoms with Crippen molar-refractivity contribution in [2.45, 2.75) is 40.2 Å². The fourth-order valence-electron chi connectivity index (χ4n) is 1.96. The van der Waals surface area contributed by atoms with Gasteiger partial charge in [0.25, 0.3) is 0 Å². The monoisotopic (exact) mass is 198 g/mol. The van der Waals surface area contributed by atoms with Crippen LogP contribution in [0, 0.1) is 17.3 Å². The van der Waals surface area contributed by atoms with E-state index in [4.69, 9.17) is 5.73 Å². The molecular weight excluding hydrogens is 172 g/mol. The van der Waals surface area contributed by atoms with Gasteiger partial charge in [-0.05, 0) is 37.6 Å². The molecule has 0 amide bonds. The molecule has 0 aromatic carbocycles. The van der Waals surface area contributed by atoms with Gasteiger partial charge in [-0.2, -0.15) is 0 Å². The molecule has 14 heavy (non-hydrogen) atoms. The molecule has 2 nitrogen and oxygen atoms in total. The molecule has 3 atom stereocenters. The molecule has 0 spiro atoms. The van der Waals surface area contributed by atoms with Crippen molar-refractivity contribution in [3.63, 3.8) is 0 Å². The van der Waals surface area contributed by atoms with Gasteiger partial charge in [0.1, 0.15) is 0 Å². The zero-order valence-electron chi connectivity index (χ0n) is 10.4. The Morgan fingerprint density at radius 1 is 1.50 bits per heavy atom. The predicted octanol–water partition coefficient (Wildman–Crippen LogP) is 1.95. The Hall–Kier alpha value is -0.0800. The minimum Gasteiger partial charge on any atom is -0.327 e. The Labute approximate surface area is 88.8 Å². The lowest BCUT2D eigenvalue weighted by molar-refractivity contribution is 0.177. The molecule has 2 N–H and O–H groups in total. The lowest BCUT2D eigenvalue weighted by Crippen LogP contribution is -2.43. The second-order valence-corrected chi connectivity index (χ2v) is 5.95. The summed E-state index contributed by atoms with van der Waals surface area (Å²) >= 11 is 0. The summed E-state index contributed by atoms with van der Waals surface area (Å²) < 4.78 is 0. The summed E-state index contributed by atoms with van der Waals surface area (Å²) in [7, 11) is 2.22. The third kappa shape index (κ3) is 3.25. The van der Waals surface area contributed by atoms with Crippen molar-refractivity contribution in [3.05, 3.63) is 0 Å². The molecule has 1 saturated carbocycles. The number of rotatable bonds is 5.